The molecule has 0 radical (unpaired) electrons. The molecule has 0 bridgehead atoms. The molecule has 0 aromatic carbocycles. The van der Waals surface area contributed by atoms with Gasteiger partial charge >= 0.3 is 0 Å². The van der Waals surface area contributed by atoms with Crippen LogP contribution in [-0.4, -0.2) is 14.7 Å². The monoisotopic (exact) mass is 443 g/mol. The van der Waals surface area contributed by atoms with Gasteiger partial charge in [0.05, 0.1) is 12.6 Å². The molecule has 3 rings (SSSR count). The van der Waals surface area contributed by atoms with E-state index in [0.717, 1.165) is 5.69 Å². The number of aromatic nitrogens is 3. The molecule has 0 aliphatic heterocycles. The van der Waals surface area contributed by atoms with Gasteiger partial charge in [0.15, 0.2) is 11.5 Å². The van der Waals surface area contributed by atoms with Gasteiger partial charge in [-0.1, -0.05) is 0 Å². The van der Waals surface area contributed by atoms with Gasteiger partial charge in [0, 0.05) is 33.0 Å². The SMILES string of the molecule is Cc1cncn1CO[N-]c1cc(-c2ccco2)on1.[W]. The van der Waals surface area contributed by atoms with E-state index in [1.54, 1.807) is 37.0 Å². The normalized spacial score (nSPS) is 10.2. The largest absolute Gasteiger partial charge is 0.461 e. The van der Waals surface area contributed by atoms with Gasteiger partial charge in [-0.15, -0.1) is 0 Å². The first kappa shape index (κ1) is 14.6. The van der Waals surface area contributed by atoms with E-state index in [1.165, 1.54) is 0 Å². The van der Waals surface area contributed by atoms with Crippen molar-refractivity contribution >= 4 is 5.82 Å². The van der Waals surface area contributed by atoms with Gasteiger partial charge in [0.1, 0.15) is 6.73 Å². The van der Waals surface area contributed by atoms with Crippen molar-refractivity contribution in [2.24, 2.45) is 0 Å². The fourth-order valence-corrected chi connectivity index (χ4v) is 1.52. The minimum atomic E-state index is 0. The fourth-order valence-electron chi connectivity index (χ4n) is 1.52. The van der Waals surface area contributed by atoms with E-state index in [-0.39, 0.29) is 27.8 Å². The number of hydrogen-bond donors (Lipinski definition) is 0. The van der Waals surface area contributed by atoms with Gasteiger partial charge in [0.2, 0.25) is 0 Å². The van der Waals surface area contributed by atoms with Crippen LogP contribution in [0.3, 0.4) is 0 Å². The molecule has 0 unspecified atom stereocenters. The van der Waals surface area contributed by atoms with Gasteiger partial charge in [-0.05, 0) is 30.9 Å². The molecular weight excluding hydrogens is 432 g/mol. The van der Waals surface area contributed by atoms with Crippen molar-refractivity contribution in [3.05, 3.63) is 48.2 Å². The van der Waals surface area contributed by atoms with Gasteiger partial charge < -0.3 is 23.8 Å². The summed E-state index contributed by atoms with van der Waals surface area (Å²) in [6.45, 7) is 2.20. The number of nitrogens with zero attached hydrogens (tertiary/aromatic N) is 4. The molecule has 0 atom stereocenters. The third kappa shape index (κ3) is 3.18. The second-order valence-corrected chi connectivity index (χ2v) is 3.88. The van der Waals surface area contributed by atoms with Crippen LogP contribution in [0.15, 0.2) is 45.9 Å². The molecule has 7 nitrogen and oxygen atoms in total. The van der Waals surface area contributed by atoms with Crippen molar-refractivity contribution in [1.82, 2.24) is 14.7 Å². The average molecular weight is 443 g/mol. The molecule has 104 valence electrons. The Morgan fingerprint density at radius 1 is 1.40 bits per heavy atom. The van der Waals surface area contributed by atoms with Crippen molar-refractivity contribution in [3.63, 3.8) is 0 Å². The predicted octanol–water partition coefficient (Wildman–Crippen LogP) is 3.03. The van der Waals surface area contributed by atoms with E-state index in [0.29, 0.717) is 17.3 Å². The average Bonchev–Trinajstić information content (AvgIpc) is 3.11. The molecule has 3 heterocycles. The molecule has 0 aliphatic rings. The van der Waals surface area contributed by atoms with Gasteiger partial charge in [-0.2, -0.15) is 0 Å². The van der Waals surface area contributed by atoms with Gasteiger partial charge in [-0.3, -0.25) is 5.16 Å². The second-order valence-electron chi connectivity index (χ2n) is 3.88. The molecule has 3 aromatic rings. The zero-order valence-corrected chi connectivity index (χ0v) is 13.5. The number of aryl methyl sites for hydroxylation is 1. The first-order chi connectivity index (χ1) is 9.33. The summed E-state index contributed by atoms with van der Waals surface area (Å²) in [5.41, 5.74) is 4.85. The van der Waals surface area contributed by atoms with Crippen molar-refractivity contribution in [3.8, 4) is 11.5 Å². The Balaban J connectivity index is 0.00000147. The van der Waals surface area contributed by atoms with Gasteiger partial charge in [-0.25, -0.2) is 4.98 Å². The maximum absolute atomic E-state index is 5.18. The third-order valence-electron chi connectivity index (χ3n) is 2.54. The van der Waals surface area contributed by atoms with E-state index < -0.39 is 0 Å². The zero-order chi connectivity index (χ0) is 13.1. The van der Waals surface area contributed by atoms with Crippen LogP contribution in [0.2, 0.25) is 0 Å². The van der Waals surface area contributed by atoms with Crippen LogP contribution >= 0.6 is 0 Å². The zero-order valence-electron chi connectivity index (χ0n) is 10.6. The molecule has 3 aromatic heterocycles. The fraction of sp³-hybridized carbons (Fsp3) is 0.167. The Bertz CT molecular complexity index is 647. The molecule has 0 N–H and O–H groups in total. The first-order valence-corrected chi connectivity index (χ1v) is 5.63. The molecule has 20 heavy (non-hydrogen) atoms. The summed E-state index contributed by atoms with van der Waals surface area (Å²) in [6.07, 6.45) is 4.98. The maximum atomic E-state index is 5.18. The topological polar surface area (TPSA) is 80.3 Å². The van der Waals surface area contributed by atoms with Crippen LogP contribution in [0.25, 0.3) is 17.0 Å². The van der Waals surface area contributed by atoms with E-state index in [9.17, 15) is 0 Å². The van der Waals surface area contributed by atoms with E-state index in [2.05, 4.69) is 15.6 Å². The molecule has 0 saturated heterocycles. The third-order valence-corrected chi connectivity index (χ3v) is 2.54. The Hall–Kier alpha value is -1.85. The standard InChI is InChI=1S/C12H11N4O3.W/c1-9-6-13-7-16(9)8-18-14-12-5-11(19-15-12)10-3-2-4-17-10;/h2-7H,8H2,1H3;/q-1;. The molecule has 0 amide bonds. The Kier molecular flexibility index (Phi) is 4.76. The summed E-state index contributed by atoms with van der Waals surface area (Å²) in [5.74, 6) is 1.45. The summed E-state index contributed by atoms with van der Waals surface area (Å²) in [4.78, 5) is 9.15. The van der Waals surface area contributed by atoms with Crippen molar-refractivity contribution in [1.29, 1.82) is 0 Å². The van der Waals surface area contributed by atoms with E-state index in [1.807, 2.05) is 11.5 Å². The van der Waals surface area contributed by atoms with Crippen molar-refractivity contribution in [2.45, 2.75) is 13.7 Å². The summed E-state index contributed by atoms with van der Waals surface area (Å²) < 4.78 is 12.1. The number of imidazole rings is 1. The van der Waals surface area contributed by atoms with E-state index >= 15 is 0 Å². The maximum Gasteiger partial charge on any atom is 0.172 e. The minimum absolute atomic E-state index is 0. The van der Waals surface area contributed by atoms with Crippen LogP contribution < -0.4 is 0 Å². The van der Waals surface area contributed by atoms with Crippen LogP contribution in [-0.2, 0) is 32.6 Å². The summed E-state index contributed by atoms with van der Waals surface area (Å²) in [7, 11) is 0. The van der Waals surface area contributed by atoms with Gasteiger partial charge in [0.25, 0.3) is 0 Å². The number of hydrogen-bond acceptors (Lipinski definition) is 5. The Labute approximate surface area is 129 Å². The number of furan rings is 1. The van der Waals surface area contributed by atoms with Crippen LogP contribution in [0.4, 0.5) is 5.82 Å². The number of rotatable bonds is 5. The van der Waals surface area contributed by atoms with Crippen molar-refractivity contribution in [2.75, 3.05) is 0 Å². The Morgan fingerprint density at radius 2 is 2.30 bits per heavy atom. The molecule has 0 fully saturated rings. The molecular formula is C12H11N4O3W-. The summed E-state index contributed by atoms with van der Waals surface area (Å²) >= 11 is 0. The molecule has 8 heteroatoms. The smallest absolute Gasteiger partial charge is 0.172 e. The summed E-state index contributed by atoms with van der Waals surface area (Å²) in [6, 6.07) is 5.19. The van der Waals surface area contributed by atoms with Crippen LogP contribution in [0, 0.1) is 6.92 Å². The molecule has 0 aliphatic carbocycles. The second kappa shape index (κ2) is 6.54. The van der Waals surface area contributed by atoms with Crippen LogP contribution in [0.1, 0.15) is 5.69 Å². The molecule has 0 spiro atoms. The predicted molar refractivity (Wildman–Crippen MR) is 65.3 cm³/mol. The summed E-state index contributed by atoms with van der Waals surface area (Å²) in [5, 5.41) is 3.76. The first-order valence-electron chi connectivity index (χ1n) is 5.63. The van der Waals surface area contributed by atoms with E-state index in [4.69, 9.17) is 13.8 Å². The Morgan fingerprint density at radius 3 is 3.00 bits per heavy atom. The quantitative estimate of drug-likeness (QED) is 0.567. The van der Waals surface area contributed by atoms with Crippen LogP contribution in [0.5, 0.6) is 0 Å². The molecule has 0 saturated carbocycles. The minimum Gasteiger partial charge on any atom is -0.461 e. The van der Waals surface area contributed by atoms with Crippen molar-refractivity contribution < 1.29 is 34.8 Å².